The molecule has 0 aliphatic carbocycles. The Hall–Kier alpha value is -2.53. The average molecular weight is 411 g/mol. The van der Waals surface area contributed by atoms with Crippen LogP contribution in [0.2, 0.25) is 0 Å². The third kappa shape index (κ3) is 3.33. The van der Waals surface area contributed by atoms with Crippen LogP contribution in [0.1, 0.15) is 25.3 Å². The standard InChI is InChI=1S/C17H16BrFN2O4/c1-4-24-17(22)12-8(2)25-16(21)10(7-20)13(12)9-5-6-11(19)14(18)15(9)23-3/h5-6,13H,4,21H2,1-3H3. The molecule has 8 heteroatoms. The van der Waals surface area contributed by atoms with Gasteiger partial charge in [0.1, 0.15) is 29.0 Å². The molecule has 1 aliphatic heterocycles. The van der Waals surface area contributed by atoms with Crippen LogP contribution in [0.15, 0.2) is 39.4 Å². The third-order valence-corrected chi connectivity index (χ3v) is 4.44. The van der Waals surface area contributed by atoms with Gasteiger partial charge >= 0.3 is 5.97 Å². The number of carbonyl (C=O) groups is 1. The van der Waals surface area contributed by atoms with Gasteiger partial charge in [-0.2, -0.15) is 5.26 Å². The monoisotopic (exact) mass is 410 g/mol. The Morgan fingerprint density at radius 2 is 2.20 bits per heavy atom. The average Bonchev–Trinajstić information content (AvgIpc) is 2.56. The number of methoxy groups -OCH3 is 1. The molecular weight excluding hydrogens is 395 g/mol. The van der Waals surface area contributed by atoms with Crippen molar-refractivity contribution >= 4 is 21.9 Å². The first-order chi connectivity index (χ1) is 11.9. The number of nitrogens with zero attached hydrogens (tertiary/aromatic N) is 1. The maximum absolute atomic E-state index is 13.9. The predicted molar refractivity (Wildman–Crippen MR) is 90.6 cm³/mol. The topological polar surface area (TPSA) is 94.6 Å². The maximum Gasteiger partial charge on any atom is 0.338 e. The molecule has 1 unspecified atom stereocenters. The first-order valence-electron chi connectivity index (χ1n) is 7.34. The van der Waals surface area contributed by atoms with Gasteiger partial charge in [0, 0.05) is 5.56 Å². The first-order valence-corrected chi connectivity index (χ1v) is 8.13. The van der Waals surface area contributed by atoms with Crippen LogP contribution in [0.25, 0.3) is 0 Å². The van der Waals surface area contributed by atoms with E-state index in [1.165, 1.54) is 19.2 Å². The van der Waals surface area contributed by atoms with E-state index < -0.39 is 17.7 Å². The molecule has 0 amide bonds. The zero-order valence-corrected chi connectivity index (χ0v) is 15.4. The van der Waals surface area contributed by atoms with E-state index in [1.807, 2.05) is 6.07 Å². The van der Waals surface area contributed by atoms with Crippen molar-refractivity contribution in [1.29, 1.82) is 5.26 Å². The van der Waals surface area contributed by atoms with Crippen molar-refractivity contribution in [2.24, 2.45) is 5.73 Å². The number of rotatable bonds is 4. The van der Waals surface area contributed by atoms with Crippen molar-refractivity contribution in [2.75, 3.05) is 13.7 Å². The summed E-state index contributed by atoms with van der Waals surface area (Å²) < 4.78 is 29.6. The molecule has 25 heavy (non-hydrogen) atoms. The van der Waals surface area contributed by atoms with Gasteiger partial charge in [-0.05, 0) is 35.8 Å². The van der Waals surface area contributed by atoms with Gasteiger partial charge in [0.05, 0.1) is 29.7 Å². The molecule has 0 fully saturated rings. The van der Waals surface area contributed by atoms with Crippen molar-refractivity contribution in [3.8, 4) is 11.8 Å². The van der Waals surface area contributed by atoms with Crippen LogP contribution in [0.5, 0.6) is 5.75 Å². The van der Waals surface area contributed by atoms with Gasteiger partial charge in [-0.25, -0.2) is 9.18 Å². The van der Waals surface area contributed by atoms with E-state index in [0.717, 1.165) is 0 Å². The van der Waals surface area contributed by atoms with Crippen molar-refractivity contribution in [3.63, 3.8) is 0 Å². The summed E-state index contributed by atoms with van der Waals surface area (Å²) in [5, 5.41) is 9.53. The number of nitrogens with two attached hydrogens (primary N) is 1. The summed E-state index contributed by atoms with van der Waals surface area (Å²) in [6, 6.07) is 4.60. The third-order valence-electron chi connectivity index (χ3n) is 3.70. The Labute approximate surface area is 152 Å². The van der Waals surface area contributed by atoms with E-state index in [1.54, 1.807) is 13.8 Å². The van der Waals surface area contributed by atoms with Crippen LogP contribution < -0.4 is 10.5 Å². The predicted octanol–water partition coefficient (Wildman–Crippen LogP) is 3.24. The number of esters is 1. The van der Waals surface area contributed by atoms with Gasteiger partial charge in [-0.1, -0.05) is 6.07 Å². The first kappa shape index (κ1) is 18.8. The van der Waals surface area contributed by atoms with Crippen LogP contribution >= 0.6 is 15.9 Å². The van der Waals surface area contributed by atoms with Gasteiger partial charge < -0.3 is 19.9 Å². The van der Waals surface area contributed by atoms with E-state index in [-0.39, 0.29) is 39.6 Å². The number of hydrogen-bond acceptors (Lipinski definition) is 6. The minimum atomic E-state index is -0.898. The molecule has 2 rings (SSSR count). The highest BCUT2D eigenvalue weighted by Gasteiger charge is 2.38. The highest BCUT2D eigenvalue weighted by atomic mass is 79.9. The van der Waals surface area contributed by atoms with Gasteiger partial charge in [-0.3, -0.25) is 0 Å². The van der Waals surface area contributed by atoms with E-state index in [0.29, 0.717) is 5.56 Å². The number of hydrogen-bond donors (Lipinski definition) is 1. The lowest BCUT2D eigenvalue weighted by Crippen LogP contribution is -2.26. The Morgan fingerprint density at radius 1 is 1.52 bits per heavy atom. The fraction of sp³-hybridized carbons (Fsp3) is 0.294. The molecule has 1 aliphatic rings. The summed E-state index contributed by atoms with van der Waals surface area (Å²) in [5.74, 6) is -1.84. The quantitative estimate of drug-likeness (QED) is 0.765. The molecule has 1 aromatic rings. The molecule has 1 atom stereocenters. The summed E-state index contributed by atoms with van der Waals surface area (Å²) >= 11 is 3.12. The zero-order valence-electron chi connectivity index (χ0n) is 13.9. The highest BCUT2D eigenvalue weighted by Crippen LogP contribution is 2.45. The molecule has 0 spiro atoms. The number of nitriles is 1. The van der Waals surface area contributed by atoms with Gasteiger partial charge in [0.2, 0.25) is 5.88 Å². The van der Waals surface area contributed by atoms with Gasteiger partial charge in [-0.15, -0.1) is 0 Å². The van der Waals surface area contributed by atoms with Crippen LogP contribution in [-0.2, 0) is 14.3 Å². The minimum absolute atomic E-state index is 0.0189. The van der Waals surface area contributed by atoms with Crippen LogP contribution in [0, 0.1) is 17.1 Å². The molecule has 0 radical (unpaired) electrons. The van der Waals surface area contributed by atoms with Crippen molar-refractivity contribution in [1.82, 2.24) is 0 Å². The fourth-order valence-electron chi connectivity index (χ4n) is 2.65. The van der Waals surface area contributed by atoms with E-state index >= 15 is 0 Å². The summed E-state index contributed by atoms with van der Waals surface area (Å²) in [6.07, 6.45) is 0. The second-order valence-corrected chi connectivity index (χ2v) is 5.89. The van der Waals surface area contributed by atoms with Crippen LogP contribution in [0.3, 0.4) is 0 Å². The molecule has 0 saturated heterocycles. The molecule has 0 aromatic heterocycles. The lowest BCUT2D eigenvalue weighted by Gasteiger charge is -2.28. The summed E-state index contributed by atoms with van der Waals surface area (Å²) in [6.45, 7) is 3.36. The summed E-state index contributed by atoms with van der Waals surface area (Å²) in [5.41, 5.74) is 6.35. The van der Waals surface area contributed by atoms with Crippen molar-refractivity contribution in [2.45, 2.75) is 19.8 Å². The Kier molecular flexibility index (Phi) is 5.69. The molecule has 0 bridgehead atoms. The summed E-state index contributed by atoms with van der Waals surface area (Å²) in [4.78, 5) is 12.5. The Morgan fingerprint density at radius 3 is 2.76 bits per heavy atom. The molecule has 2 N–H and O–H groups in total. The molecule has 132 valence electrons. The number of carbonyl (C=O) groups excluding carboxylic acids is 1. The lowest BCUT2D eigenvalue weighted by molar-refractivity contribution is -0.139. The number of benzene rings is 1. The molecule has 1 heterocycles. The number of allylic oxidation sites excluding steroid dienone is 2. The van der Waals surface area contributed by atoms with Crippen molar-refractivity contribution in [3.05, 3.63) is 50.8 Å². The number of halogens is 2. The van der Waals surface area contributed by atoms with Crippen molar-refractivity contribution < 1.29 is 23.4 Å². The van der Waals surface area contributed by atoms with E-state index in [9.17, 15) is 14.4 Å². The Balaban J connectivity index is 2.76. The molecule has 1 aromatic carbocycles. The molecule has 6 nitrogen and oxygen atoms in total. The van der Waals surface area contributed by atoms with Gasteiger partial charge in [0.15, 0.2) is 0 Å². The minimum Gasteiger partial charge on any atom is -0.495 e. The Bertz CT molecular complexity index is 827. The lowest BCUT2D eigenvalue weighted by atomic mass is 9.82. The second-order valence-electron chi connectivity index (χ2n) is 5.10. The SMILES string of the molecule is CCOC(=O)C1=C(C)OC(N)=C(C#N)C1c1ccc(F)c(Br)c1OC. The second kappa shape index (κ2) is 7.57. The molecule has 0 saturated carbocycles. The zero-order chi connectivity index (χ0) is 18.7. The van der Waals surface area contributed by atoms with E-state index in [4.69, 9.17) is 19.9 Å². The summed E-state index contributed by atoms with van der Waals surface area (Å²) in [7, 11) is 1.36. The van der Waals surface area contributed by atoms with Gasteiger partial charge in [0.25, 0.3) is 0 Å². The highest BCUT2D eigenvalue weighted by molar-refractivity contribution is 9.10. The van der Waals surface area contributed by atoms with Crippen LogP contribution in [-0.4, -0.2) is 19.7 Å². The largest absolute Gasteiger partial charge is 0.495 e. The smallest absolute Gasteiger partial charge is 0.338 e. The number of ether oxygens (including phenoxy) is 3. The normalized spacial score (nSPS) is 17.0. The molecular formula is C17H16BrFN2O4. The maximum atomic E-state index is 13.9. The fourth-order valence-corrected chi connectivity index (χ4v) is 3.17. The van der Waals surface area contributed by atoms with Crippen LogP contribution in [0.4, 0.5) is 4.39 Å². The van der Waals surface area contributed by atoms with E-state index in [2.05, 4.69) is 15.9 Å².